The van der Waals surface area contributed by atoms with Crippen LogP contribution in [-0.2, 0) is 11.2 Å². The van der Waals surface area contributed by atoms with E-state index in [0.29, 0.717) is 6.42 Å². The number of furan rings is 1. The summed E-state index contributed by atoms with van der Waals surface area (Å²) in [7, 11) is 0. The van der Waals surface area contributed by atoms with Crippen molar-refractivity contribution in [2.24, 2.45) is 5.41 Å². The molecule has 25 heavy (non-hydrogen) atoms. The molecule has 0 bridgehead atoms. The summed E-state index contributed by atoms with van der Waals surface area (Å²) in [4.78, 5) is 11.3. The van der Waals surface area contributed by atoms with Crippen LogP contribution in [0.2, 0.25) is 0 Å². The molecule has 3 nitrogen and oxygen atoms in total. The van der Waals surface area contributed by atoms with Gasteiger partial charge in [0.2, 0.25) is 0 Å². The quantitative estimate of drug-likeness (QED) is 0.717. The number of hydrogen-bond acceptors (Lipinski definition) is 2. The molecule has 1 fully saturated rings. The van der Waals surface area contributed by atoms with E-state index in [1.165, 1.54) is 5.56 Å². The van der Waals surface area contributed by atoms with Crippen molar-refractivity contribution in [2.75, 3.05) is 0 Å². The van der Waals surface area contributed by atoms with Crippen LogP contribution in [0.15, 0.2) is 52.9 Å². The molecule has 0 unspecified atom stereocenters. The average Bonchev–Trinajstić information content (AvgIpc) is 3.27. The first-order valence-electron chi connectivity index (χ1n) is 8.39. The summed E-state index contributed by atoms with van der Waals surface area (Å²) in [6.45, 7) is 2.05. The maximum Gasteiger partial charge on any atom is 0.310 e. The molecule has 0 spiro atoms. The molecule has 0 aliphatic heterocycles. The zero-order valence-electron chi connectivity index (χ0n) is 14.0. The maximum atomic E-state index is 11.3. The van der Waals surface area contributed by atoms with Gasteiger partial charge >= 0.3 is 5.97 Å². The second kappa shape index (κ2) is 5.82. The molecule has 1 aliphatic carbocycles. The predicted octanol–water partition coefficient (Wildman–Crippen LogP) is 4.55. The van der Waals surface area contributed by atoms with Gasteiger partial charge in [0.15, 0.2) is 0 Å². The van der Waals surface area contributed by atoms with Crippen LogP contribution in [0.1, 0.15) is 35.3 Å². The minimum Gasteiger partial charge on any atom is -0.481 e. The van der Waals surface area contributed by atoms with Crippen LogP contribution >= 0.6 is 0 Å². The molecule has 1 aliphatic rings. The number of aryl methyl sites for hydroxylation is 1. The summed E-state index contributed by atoms with van der Waals surface area (Å²) in [5, 5.41) is 10.3. The van der Waals surface area contributed by atoms with Gasteiger partial charge in [-0.1, -0.05) is 29.5 Å². The molecule has 1 heterocycles. The molecule has 1 N–H and O–H groups in total. The van der Waals surface area contributed by atoms with Crippen molar-refractivity contribution < 1.29 is 14.3 Å². The van der Waals surface area contributed by atoms with Crippen molar-refractivity contribution >= 4 is 16.9 Å². The zero-order valence-corrected chi connectivity index (χ0v) is 14.0. The van der Waals surface area contributed by atoms with Gasteiger partial charge in [-0.2, -0.15) is 0 Å². The highest BCUT2D eigenvalue weighted by Gasteiger charge is 2.50. The molecule has 1 aromatic heterocycles. The Morgan fingerprint density at radius 1 is 1.08 bits per heavy atom. The second-order valence-electron chi connectivity index (χ2n) is 6.84. The Labute approximate surface area is 146 Å². The minimum atomic E-state index is -0.724. The zero-order chi connectivity index (χ0) is 17.4. The van der Waals surface area contributed by atoms with Crippen LogP contribution in [0.25, 0.3) is 11.0 Å². The third kappa shape index (κ3) is 3.16. The number of carboxylic acids is 1. The van der Waals surface area contributed by atoms with Crippen molar-refractivity contribution in [3.63, 3.8) is 0 Å². The van der Waals surface area contributed by atoms with Gasteiger partial charge in [-0.25, -0.2) is 0 Å². The molecule has 0 radical (unpaired) electrons. The number of aliphatic carboxylic acids is 1. The van der Waals surface area contributed by atoms with Crippen molar-refractivity contribution in [1.82, 2.24) is 0 Å². The van der Waals surface area contributed by atoms with E-state index in [2.05, 4.69) is 18.8 Å². The van der Waals surface area contributed by atoms with E-state index >= 15 is 0 Å². The maximum absolute atomic E-state index is 11.3. The van der Waals surface area contributed by atoms with E-state index in [-0.39, 0.29) is 0 Å². The van der Waals surface area contributed by atoms with E-state index in [1.54, 1.807) is 0 Å². The van der Waals surface area contributed by atoms with Crippen LogP contribution in [-0.4, -0.2) is 11.1 Å². The summed E-state index contributed by atoms with van der Waals surface area (Å²) in [6, 6.07) is 15.9. The molecular formula is C22H18O3. The lowest BCUT2D eigenvalue weighted by Gasteiger charge is -2.05. The fraction of sp³-hybridized carbons (Fsp3) is 0.227. The molecule has 2 aromatic carbocycles. The topological polar surface area (TPSA) is 50.4 Å². The third-order valence-electron chi connectivity index (χ3n) is 4.79. The normalized spacial score (nSPS) is 14.8. The molecule has 0 amide bonds. The number of carbonyl (C=O) groups is 1. The first kappa shape index (κ1) is 15.5. The van der Waals surface area contributed by atoms with Crippen LogP contribution in [0.5, 0.6) is 0 Å². The Bertz CT molecular complexity index is 1010. The van der Waals surface area contributed by atoms with Gasteiger partial charge in [-0.15, -0.1) is 0 Å². The van der Waals surface area contributed by atoms with E-state index in [1.807, 2.05) is 48.5 Å². The molecule has 1 saturated carbocycles. The molecule has 3 heteroatoms. The lowest BCUT2D eigenvalue weighted by Crippen LogP contribution is -2.17. The van der Waals surface area contributed by atoms with Gasteiger partial charge in [0, 0.05) is 22.9 Å². The Kier molecular flexibility index (Phi) is 3.62. The highest BCUT2D eigenvalue weighted by Crippen LogP contribution is 2.49. The monoisotopic (exact) mass is 330 g/mol. The van der Waals surface area contributed by atoms with Gasteiger partial charge in [0.25, 0.3) is 0 Å². The average molecular weight is 330 g/mol. The van der Waals surface area contributed by atoms with E-state index in [4.69, 9.17) is 4.42 Å². The fourth-order valence-electron chi connectivity index (χ4n) is 3.00. The van der Waals surface area contributed by atoms with Crippen LogP contribution in [0, 0.1) is 24.2 Å². The molecule has 3 aromatic rings. The number of rotatable bonds is 3. The first-order chi connectivity index (χ1) is 12.0. The Morgan fingerprint density at radius 3 is 2.44 bits per heavy atom. The number of carboxylic acid groups (broad SMARTS) is 1. The van der Waals surface area contributed by atoms with E-state index in [9.17, 15) is 9.90 Å². The molecule has 0 atom stereocenters. The Morgan fingerprint density at radius 2 is 1.76 bits per heavy atom. The molecule has 124 valence electrons. The number of benzene rings is 2. The highest BCUT2D eigenvalue weighted by molar-refractivity contribution is 5.81. The Hall–Kier alpha value is -2.99. The van der Waals surface area contributed by atoms with Gasteiger partial charge in [-0.3, -0.25) is 4.79 Å². The van der Waals surface area contributed by atoms with Crippen molar-refractivity contribution in [1.29, 1.82) is 0 Å². The van der Waals surface area contributed by atoms with Crippen molar-refractivity contribution in [3.05, 3.63) is 71.0 Å². The summed E-state index contributed by atoms with van der Waals surface area (Å²) in [5.74, 6) is 6.35. The van der Waals surface area contributed by atoms with Gasteiger partial charge < -0.3 is 9.52 Å². The van der Waals surface area contributed by atoms with Crippen molar-refractivity contribution in [2.45, 2.75) is 26.2 Å². The van der Waals surface area contributed by atoms with Gasteiger partial charge in [0.05, 0.1) is 5.41 Å². The predicted molar refractivity (Wildman–Crippen MR) is 96.4 cm³/mol. The lowest BCUT2D eigenvalue weighted by molar-refractivity contribution is -0.143. The smallest absolute Gasteiger partial charge is 0.310 e. The molecule has 0 saturated heterocycles. The molecular weight excluding hydrogens is 312 g/mol. The van der Waals surface area contributed by atoms with Gasteiger partial charge in [0.1, 0.15) is 11.3 Å². The van der Waals surface area contributed by atoms with Crippen LogP contribution in [0.4, 0.5) is 0 Å². The molecule has 4 rings (SSSR count). The summed E-state index contributed by atoms with van der Waals surface area (Å²) < 4.78 is 5.81. The fourth-order valence-corrected chi connectivity index (χ4v) is 3.00. The van der Waals surface area contributed by atoms with Gasteiger partial charge in [-0.05, 0) is 56.2 Å². The first-order valence-corrected chi connectivity index (χ1v) is 8.39. The summed E-state index contributed by atoms with van der Waals surface area (Å²) in [5.41, 5.74) is 3.28. The number of hydrogen-bond donors (Lipinski definition) is 1. The van der Waals surface area contributed by atoms with Crippen molar-refractivity contribution in [3.8, 4) is 11.8 Å². The van der Waals surface area contributed by atoms with Crippen LogP contribution < -0.4 is 0 Å². The number of fused-ring (bicyclic) bond motifs is 1. The summed E-state index contributed by atoms with van der Waals surface area (Å²) in [6.07, 6.45) is 1.92. The lowest BCUT2D eigenvalue weighted by atomic mass is 10.0. The van der Waals surface area contributed by atoms with E-state index < -0.39 is 11.4 Å². The largest absolute Gasteiger partial charge is 0.481 e. The second-order valence-corrected chi connectivity index (χ2v) is 6.84. The standard InChI is InChI=1S/C22H18O3/c1-15-2-4-16(5-3-15)6-7-17-8-9-20-18(12-17)13-19(25-20)14-22(10-11-22)21(23)24/h2-5,8-9,12-13H,10-11,14H2,1H3,(H,23,24). The minimum absolute atomic E-state index is 0.460. The van der Waals surface area contributed by atoms with Crippen LogP contribution in [0.3, 0.4) is 0 Å². The van der Waals surface area contributed by atoms with E-state index in [0.717, 1.165) is 40.7 Å². The highest BCUT2D eigenvalue weighted by atomic mass is 16.4. The Balaban J connectivity index is 1.58. The SMILES string of the molecule is Cc1ccc(C#Cc2ccc3oc(CC4(C(=O)O)CC4)cc3c2)cc1. The third-order valence-corrected chi connectivity index (χ3v) is 4.79. The summed E-state index contributed by atoms with van der Waals surface area (Å²) >= 11 is 0.